The Morgan fingerprint density at radius 1 is 1.03 bits per heavy atom. The summed E-state index contributed by atoms with van der Waals surface area (Å²) in [6, 6.07) is 18.3. The van der Waals surface area contributed by atoms with Crippen molar-refractivity contribution in [2.45, 2.75) is 24.8 Å². The van der Waals surface area contributed by atoms with Crippen LogP contribution in [0.3, 0.4) is 0 Å². The standard InChI is InChI=1S/C23H20N4O2/c28-22(29)27-23(11-4-12-23)17-9-7-15(8-10-17)19-20(16-5-2-1-3-6-16)26-18-13-24-14-25-21(18)19/h1-3,5-10,13-14,26-27H,4,11-12H2,(H,28,29). The third-order valence-corrected chi connectivity index (χ3v) is 5.80. The number of amides is 1. The maximum Gasteiger partial charge on any atom is 0.405 e. The van der Waals surface area contributed by atoms with E-state index in [1.54, 1.807) is 12.5 Å². The van der Waals surface area contributed by atoms with Crippen molar-refractivity contribution >= 4 is 17.1 Å². The molecule has 3 N–H and O–H groups in total. The first-order chi connectivity index (χ1) is 14.2. The molecule has 144 valence electrons. The third kappa shape index (κ3) is 2.93. The molecule has 2 aromatic carbocycles. The molecular weight excluding hydrogens is 364 g/mol. The van der Waals surface area contributed by atoms with E-state index in [-0.39, 0.29) is 0 Å². The zero-order valence-corrected chi connectivity index (χ0v) is 15.7. The van der Waals surface area contributed by atoms with Crippen LogP contribution in [0.1, 0.15) is 24.8 Å². The second-order valence-electron chi connectivity index (χ2n) is 7.47. The van der Waals surface area contributed by atoms with Gasteiger partial charge in [0.25, 0.3) is 0 Å². The molecule has 0 unspecified atom stereocenters. The van der Waals surface area contributed by atoms with E-state index in [1.807, 2.05) is 30.3 Å². The molecular formula is C23H20N4O2. The second kappa shape index (κ2) is 6.74. The Balaban J connectivity index is 1.62. The topological polar surface area (TPSA) is 90.9 Å². The van der Waals surface area contributed by atoms with Crippen molar-refractivity contribution in [3.8, 4) is 22.4 Å². The van der Waals surface area contributed by atoms with E-state index >= 15 is 0 Å². The molecule has 29 heavy (non-hydrogen) atoms. The number of hydrogen-bond donors (Lipinski definition) is 3. The highest BCUT2D eigenvalue weighted by molar-refractivity contribution is 6.01. The van der Waals surface area contributed by atoms with Crippen LogP contribution in [0.15, 0.2) is 67.1 Å². The van der Waals surface area contributed by atoms with Gasteiger partial charge in [0.1, 0.15) is 6.33 Å². The third-order valence-electron chi connectivity index (χ3n) is 5.80. The summed E-state index contributed by atoms with van der Waals surface area (Å²) in [6.45, 7) is 0. The molecule has 1 amide bonds. The average Bonchev–Trinajstić information content (AvgIpc) is 3.11. The van der Waals surface area contributed by atoms with Crippen molar-refractivity contribution in [1.82, 2.24) is 20.3 Å². The van der Waals surface area contributed by atoms with Gasteiger partial charge in [-0.3, -0.25) is 0 Å². The number of aromatic nitrogens is 3. The normalized spacial score (nSPS) is 15.0. The SMILES string of the molecule is O=C(O)NC1(c2ccc(-c3c(-c4ccccc4)[nH]c4cncnc34)cc2)CCC1. The number of nitrogens with zero attached hydrogens (tertiary/aromatic N) is 2. The predicted octanol–water partition coefficient (Wildman–Crippen LogP) is 4.94. The minimum atomic E-state index is -0.978. The first-order valence-electron chi connectivity index (χ1n) is 9.65. The van der Waals surface area contributed by atoms with Crippen LogP contribution in [-0.2, 0) is 5.54 Å². The Kier molecular flexibility index (Phi) is 4.05. The molecule has 6 nitrogen and oxygen atoms in total. The minimum absolute atomic E-state index is 0.463. The molecule has 5 rings (SSSR count). The summed E-state index contributed by atoms with van der Waals surface area (Å²) in [6.07, 6.45) is 5.05. The van der Waals surface area contributed by atoms with Crippen LogP contribution in [0.5, 0.6) is 0 Å². The van der Waals surface area contributed by atoms with E-state index in [1.165, 1.54) is 0 Å². The first kappa shape index (κ1) is 17.4. The van der Waals surface area contributed by atoms with Gasteiger partial charge in [0.2, 0.25) is 0 Å². The van der Waals surface area contributed by atoms with Crippen LogP contribution >= 0.6 is 0 Å². The largest absolute Gasteiger partial charge is 0.465 e. The molecule has 0 spiro atoms. The maximum absolute atomic E-state index is 11.3. The van der Waals surface area contributed by atoms with E-state index in [9.17, 15) is 9.90 Å². The quantitative estimate of drug-likeness (QED) is 0.465. The molecule has 0 atom stereocenters. The van der Waals surface area contributed by atoms with Crippen molar-refractivity contribution < 1.29 is 9.90 Å². The van der Waals surface area contributed by atoms with Crippen molar-refractivity contribution in [3.63, 3.8) is 0 Å². The Morgan fingerprint density at radius 2 is 1.79 bits per heavy atom. The fraction of sp³-hybridized carbons (Fsp3) is 0.174. The molecule has 0 saturated heterocycles. The maximum atomic E-state index is 11.3. The van der Waals surface area contributed by atoms with Gasteiger partial charge >= 0.3 is 6.09 Å². The number of nitrogens with one attached hydrogen (secondary N) is 2. The fourth-order valence-electron chi connectivity index (χ4n) is 4.22. The van der Waals surface area contributed by atoms with Gasteiger partial charge in [-0.25, -0.2) is 14.8 Å². The highest BCUT2D eigenvalue weighted by Crippen LogP contribution is 2.43. The summed E-state index contributed by atoms with van der Waals surface area (Å²) in [5.74, 6) is 0. The Bertz CT molecular complexity index is 1180. The molecule has 2 aromatic heterocycles. The van der Waals surface area contributed by atoms with Gasteiger partial charge in [0.15, 0.2) is 0 Å². The van der Waals surface area contributed by atoms with Crippen molar-refractivity contribution in [2.24, 2.45) is 0 Å². The average molecular weight is 384 g/mol. The molecule has 1 fully saturated rings. The smallest absolute Gasteiger partial charge is 0.405 e. The first-order valence-corrected chi connectivity index (χ1v) is 9.65. The lowest BCUT2D eigenvalue weighted by atomic mass is 9.71. The summed E-state index contributed by atoms with van der Waals surface area (Å²) in [5.41, 5.74) is 6.42. The number of hydrogen-bond acceptors (Lipinski definition) is 3. The van der Waals surface area contributed by atoms with E-state index in [0.29, 0.717) is 0 Å². The van der Waals surface area contributed by atoms with Crippen LogP contribution < -0.4 is 5.32 Å². The number of H-pyrrole nitrogens is 1. The summed E-state index contributed by atoms with van der Waals surface area (Å²) in [4.78, 5) is 23.4. The fourth-order valence-corrected chi connectivity index (χ4v) is 4.22. The van der Waals surface area contributed by atoms with E-state index in [0.717, 1.165) is 58.2 Å². The molecule has 1 aliphatic carbocycles. The van der Waals surface area contributed by atoms with E-state index in [2.05, 4.69) is 44.5 Å². The number of aromatic amines is 1. The van der Waals surface area contributed by atoms with Gasteiger partial charge in [0.05, 0.1) is 28.5 Å². The van der Waals surface area contributed by atoms with E-state index in [4.69, 9.17) is 0 Å². The van der Waals surface area contributed by atoms with Crippen LogP contribution in [0, 0.1) is 0 Å². The zero-order chi connectivity index (χ0) is 19.8. The molecule has 0 bridgehead atoms. The van der Waals surface area contributed by atoms with Gasteiger partial charge in [-0.2, -0.15) is 0 Å². The van der Waals surface area contributed by atoms with Crippen LogP contribution in [0.25, 0.3) is 33.4 Å². The molecule has 0 radical (unpaired) electrons. The van der Waals surface area contributed by atoms with E-state index < -0.39 is 11.6 Å². The molecule has 2 heterocycles. The number of rotatable bonds is 4. The summed E-state index contributed by atoms with van der Waals surface area (Å²) in [7, 11) is 0. The van der Waals surface area contributed by atoms with Gasteiger partial charge < -0.3 is 15.4 Å². The zero-order valence-electron chi connectivity index (χ0n) is 15.7. The summed E-state index contributed by atoms with van der Waals surface area (Å²) < 4.78 is 0. The van der Waals surface area contributed by atoms with Gasteiger partial charge in [-0.15, -0.1) is 0 Å². The highest BCUT2D eigenvalue weighted by Gasteiger charge is 2.40. The minimum Gasteiger partial charge on any atom is -0.465 e. The molecule has 6 heteroatoms. The summed E-state index contributed by atoms with van der Waals surface area (Å²) >= 11 is 0. The van der Waals surface area contributed by atoms with Gasteiger partial charge in [0, 0.05) is 5.56 Å². The van der Waals surface area contributed by atoms with Crippen molar-refractivity contribution in [3.05, 3.63) is 72.7 Å². The molecule has 4 aromatic rings. The lowest BCUT2D eigenvalue weighted by molar-refractivity contribution is 0.144. The number of fused-ring (bicyclic) bond motifs is 1. The van der Waals surface area contributed by atoms with Crippen molar-refractivity contribution in [1.29, 1.82) is 0 Å². The monoisotopic (exact) mass is 384 g/mol. The molecule has 1 aliphatic rings. The number of benzene rings is 2. The van der Waals surface area contributed by atoms with Crippen LogP contribution in [0.2, 0.25) is 0 Å². The Labute approximate surface area is 167 Å². The number of carboxylic acid groups (broad SMARTS) is 1. The lowest BCUT2D eigenvalue weighted by Crippen LogP contribution is -2.50. The Hall–Kier alpha value is -3.67. The Morgan fingerprint density at radius 3 is 2.45 bits per heavy atom. The predicted molar refractivity (Wildman–Crippen MR) is 111 cm³/mol. The lowest BCUT2D eigenvalue weighted by Gasteiger charge is -2.42. The van der Waals surface area contributed by atoms with Crippen LogP contribution in [0.4, 0.5) is 4.79 Å². The van der Waals surface area contributed by atoms with Crippen LogP contribution in [-0.4, -0.2) is 26.2 Å². The van der Waals surface area contributed by atoms with Gasteiger partial charge in [-0.1, -0.05) is 54.6 Å². The second-order valence-corrected chi connectivity index (χ2v) is 7.47. The summed E-state index contributed by atoms with van der Waals surface area (Å²) in [5, 5.41) is 12.0. The van der Waals surface area contributed by atoms with Crippen molar-refractivity contribution in [2.75, 3.05) is 0 Å². The molecule has 1 saturated carbocycles. The highest BCUT2D eigenvalue weighted by atomic mass is 16.4. The molecule has 0 aliphatic heterocycles. The number of carbonyl (C=O) groups is 1. The van der Waals surface area contributed by atoms with Gasteiger partial charge in [-0.05, 0) is 36.0 Å².